The zero-order valence-corrected chi connectivity index (χ0v) is 10.3. The van der Waals surface area contributed by atoms with Crippen LogP contribution >= 0.6 is 0 Å². The van der Waals surface area contributed by atoms with E-state index in [-0.39, 0.29) is 32.0 Å². The highest BCUT2D eigenvalue weighted by atomic mass is 16.7. The lowest BCUT2D eigenvalue weighted by molar-refractivity contribution is -0.305. The van der Waals surface area contributed by atoms with Crippen LogP contribution in [0.15, 0.2) is 18.2 Å². The first-order chi connectivity index (χ1) is 9.15. The molecule has 1 heterocycles. The third-order valence-electron chi connectivity index (χ3n) is 2.71. The molecule has 0 bridgehead atoms. The van der Waals surface area contributed by atoms with E-state index in [1.54, 1.807) is 6.07 Å². The van der Waals surface area contributed by atoms with Gasteiger partial charge in [-0.2, -0.15) is 0 Å². The molecule has 1 aromatic rings. The highest BCUT2D eigenvalue weighted by Crippen LogP contribution is 2.32. The molecule has 19 heavy (non-hydrogen) atoms. The fraction of sp³-hybridized carbons (Fsp3) is 0.385. The number of hydrogen-bond acceptors (Lipinski definition) is 5. The molecule has 0 atom stereocenters. The van der Waals surface area contributed by atoms with Gasteiger partial charge in [-0.1, -0.05) is 6.07 Å². The predicted molar refractivity (Wildman–Crippen MR) is 63.3 cm³/mol. The van der Waals surface area contributed by atoms with Crippen molar-refractivity contribution in [2.75, 3.05) is 6.79 Å². The Labute approximate surface area is 110 Å². The van der Waals surface area contributed by atoms with Crippen molar-refractivity contribution in [1.29, 1.82) is 0 Å². The number of ether oxygens (including phenoxy) is 2. The van der Waals surface area contributed by atoms with Crippen LogP contribution in [0.2, 0.25) is 0 Å². The first kappa shape index (κ1) is 13.2. The van der Waals surface area contributed by atoms with Crippen LogP contribution in [-0.2, 0) is 16.1 Å². The van der Waals surface area contributed by atoms with Gasteiger partial charge in [0.1, 0.15) is 0 Å². The molecule has 0 saturated heterocycles. The Hall–Kier alpha value is -2.24. The van der Waals surface area contributed by atoms with Gasteiger partial charge in [-0.25, -0.2) is 0 Å². The molecular formula is C13H14NO5-. The van der Waals surface area contributed by atoms with Crippen molar-refractivity contribution in [3.63, 3.8) is 0 Å². The zero-order valence-electron chi connectivity index (χ0n) is 10.3. The first-order valence-electron chi connectivity index (χ1n) is 6.00. The minimum atomic E-state index is -1.14. The summed E-state index contributed by atoms with van der Waals surface area (Å²) in [5.74, 6) is 0.0511. The number of nitrogens with one attached hydrogen (secondary N) is 1. The van der Waals surface area contributed by atoms with Crippen molar-refractivity contribution in [1.82, 2.24) is 5.32 Å². The average Bonchev–Trinajstić information content (AvgIpc) is 2.83. The molecule has 0 radical (unpaired) electrons. The summed E-state index contributed by atoms with van der Waals surface area (Å²) in [7, 11) is 0. The number of fused-ring (bicyclic) bond motifs is 1. The largest absolute Gasteiger partial charge is 0.550 e. The summed E-state index contributed by atoms with van der Waals surface area (Å²) in [6.45, 7) is 0.592. The maximum Gasteiger partial charge on any atom is 0.231 e. The number of carbonyl (C=O) groups excluding carboxylic acids is 2. The average molecular weight is 264 g/mol. The molecular weight excluding hydrogens is 250 g/mol. The van der Waals surface area contributed by atoms with Crippen LogP contribution < -0.4 is 19.9 Å². The number of amides is 1. The van der Waals surface area contributed by atoms with Gasteiger partial charge in [0.25, 0.3) is 0 Å². The molecule has 102 valence electrons. The number of rotatable bonds is 6. The van der Waals surface area contributed by atoms with Crippen molar-refractivity contribution in [2.45, 2.75) is 25.8 Å². The Morgan fingerprint density at radius 1 is 1.21 bits per heavy atom. The van der Waals surface area contributed by atoms with E-state index in [0.717, 1.165) is 5.56 Å². The van der Waals surface area contributed by atoms with E-state index in [1.165, 1.54) is 0 Å². The van der Waals surface area contributed by atoms with Crippen LogP contribution in [0.4, 0.5) is 0 Å². The molecule has 0 fully saturated rings. The molecule has 0 aliphatic carbocycles. The lowest BCUT2D eigenvalue weighted by Crippen LogP contribution is -2.25. The summed E-state index contributed by atoms with van der Waals surface area (Å²) < 4.78 is 10.4. The third kappa shape index (κ3) is 3.87. The normalized spacial score (nSPS) is 12.2. The smallest absolute Gasteiger partial charge is 0.231 e. The summed E-state index contributed by atoms with van der Waals surface area (Å²) in [4.78, 5) is 21.7. The van der Waals surface area contributed by atoms with Crippen molar-refractivity contribution >= 4 is 11.9 Å². The van der Waals surface area contributed by atoms with Crippen molar-refractivity contribution in [3.8, 4) is 11.5 Å². The van der Waals surface area contributed by atoms with Crippen LogP contribution in [0.1, 0.15) is 24.8 Å². The number of carboxylic acid groups (broad SMARTS) is 1. The standard InChI is InChI=1S/C13H15NO5/c15-12(2-1-3-13(16)17)14-7-9-4-5-10-11(6-9)19-8-18-10/h4-6H,1-3,7-8H2,(H,14,15)(H,16,17)/p-1. The number of carbonyl (C=O) groups is 2. The lowest BCUT2D eigenvalue weighted by atomic mass is 10.2. The second-order valence-corrected chi connectivity index (χ2v) is 4.19. The molecule has 0 aromatic heterocycles. The summed E-state index contributed by atoms with van der Waals surface area (Å²) in [6.07, 6.45) is 0.366. The van der Waals surface area contributed by atoms with E-state index in [0.29, 0.717) is 18.0 Å². The summed E-state index contributed by atoms with van der Waals surface area (Å²) in [5.41, 5.74) is 0.900. The van der Waals surface area contributed by atoms with E-state index in [9.17, 15) is 14.7 Å². The monoisotopic (exact) mass is 264 g/mol. The number of benzene rings is 1. The van der Waals surface area contributed by atoms with E-state index in [1.807, 2.05) is 12.1 Å². The second kappa shape index (κ2) is 6.08. The fourth-order valence-electron chi connectivity index (χ4n) is 1.73. The number of aliphatic carboxylic acids is 1. The summed E-state index contributed by atoms with van der Waals surface area (Å²) in [6, 6.07) is 5.44. The van der Waals surface area contributed by atoms with Gasteiger partial charge in [0.05, 0.1) is 0 Å². The SMILES string of the molecule is O=C([O-])CCCC(=O)NCc1ccc2c(c1)OCO2. The highest BCUT2D eigenvalue weighted by Gasteiger charge is 2.13. The van der Waals surface area contributed by atoms with Crippen LogP contribution in [-0.4, -0.2) is 18.7 Å². The Morgan fingerprint density at radius 3 is 2.79 bits per heavy atom. The lowest BCUT2D eigenvalue weighted by Gasteiger charge is -2.06. The molecule has 1 amide bonds. The molecule has 0 unspecified atom stereocenters. The molecule has 2 rings (SSSR count). The maximum atomic E-state index is 11.5. The number of carboxylic acids is 1. The molecule has 6 heteroatoms. The van der Waals surface area contributed by atoms with E-state index in [4.69, 9.17) is 9.47 Å². The molecule has 0 spiro atoms. The van der Waals surface area contributed by atoms with Gasteiger partial charge in [-0.3, -0.25) is 4.79 Å². The Morgan fingerprint density at radius 2 is 2.00 bits per heavy atom. The van der Waals surface area contributed by atoms with Crippen LogP contribution in [0.5, 0.6) is 11.5 Å². The highest BCUT2D eigenvalue weighted by molar-refractivity contribution is 5.76. The second-order valence-electron chi connectivity index (χ2n) is 4.19. The van der Waals surface area contributed by atoms with Crippen molar-refractivity contribution in [3.05, 3.63) is 23.8 Å². The van der Waals surface area contributed by atoms with Crippen LogP contribution in [0.25, 0.3) is 0 Å². The van der Waals surface area contributed by atoms with Gasteiger partial charge in [0.15, 0.2) is 11.5 Å². The van der Waals surface area contributed by atoms with Gasteiger partial charge in [0.2, 0.25) is 12.7 Å². The van der Waals surface area contributed by atoms with Gasteiger partial charge in [-0.05, 0) is 30.5 Å². The fourth-order valence-corrected chi connectivity index (χ4v) is 1.73. The Kier molecular flexibility index (Phi) is 4.22. The van der Waals surface area contributed by atoms with Crippen LogP contribution in [0, 0.1) is 0 Å². The Bertz CT molecular complexity index is 486. The van der Waals surface area contributed by atoms with Crippen molar-refractivity contribution in [2.24, 2.45) is 0 Å². The summed E-state index contributed by atoms with van der Waals surface area (Å²) in [5, 5.41) is 12.9. The molecule has 6 nitrogen and oxygen atoms in total. The van der Waals surface area contributed by atoms with E-state index in [2.05, 4.69) is 5.32 Å². The quantitative estimate of drug-likeness (QED) is 0.778. The molecule has 1 aromatic carbocycles. The third-order valence-corrected chi connectivity index (χ3v) is 2.71. The molecule has 0 saturated carbocycles. The summed E-state index contributed by atoms with van der Waals surface area (Å²) >= 11 is 0. The zero-order chi connectivity index (χ0) is 13.7. The topological polar surface area (TPSA) is 87.7 Å². The number of hydrogen-bond donors (Lipinski definition) is 1. The van der Waals surface area contributed by atoms with Gasteiger partial charge in [-0.15, -0.1) is 0 Å². The van der Waals surface area contributed by atoms with Crippen LogP contribution in [0.3, 0.4) is 0 Å². The minimum absolute atomic E-state index is 0.0998. The van der Waals surface area contributed by atoms with Gasteiger partial charge < -0.3 is 24.7 Å². The van der Waals surface area contributed by atoms with Crippen molar-refractivity contribution < 1.29 is 24.2 Å². The molecule has 1 aliphatic rings. The van der Waals surface area contributed by atoms with E-state index < -0.39 is 5.97 Å². The molecule has 1 N–H and O–H groups in total. The predicted octanol–water partition coefficient (Wildman–Crippen LogP) is -0.0483. The molecule has 1 aliphatic heterocycles. The van der Waals surface area contributed by atoms with Gasteiger partial charge in [0, 0.05) is 18.9 Å². The minimum Gasteiger partial charge on any atom is -0.550 e. The maximum absolute atomic E-state index is 11.5. The first-order valence-corrected chi connectivity index (χ1v) is 6.00. The van der Waals surface area contributed by atoms with Gasteiger partial charge >= 0.3 is 0 Å². The Balaban J connectivity index is 1.76. The van der Waals surface area contributed by atoms with E-state index >= 15 is 0 Å².